The van der Waals surface area contributed by atoms with Crippen LogP contribution in [-0.4, -0.2) is 32.3 Å². The predicted molar refractivity (Wildman–Crippen MR) is 94.3 cm³/mol. The first-order valence-corrected chi connectivity index (χ1v) is 7.94. The highest BCUT2D eigenvalue weighted by Crippen LogP contribution is 2.25. The Bertz CT molecular complexity index is 857. The molecule has 0 radical (unpaired) electrons. The summed E-state index contributed by atoms with van der Waals surface area (Å²) in [6.07, 6.45) is 0.569. The van der Waals surface area contributed by atoms with Crippen LogP contribution in [-0.2, 0) is 16.0 Å². The Kier molecular flexibility index (Phi) is 5.61. The highest BCUT2D eigenvalue weighted by atomic mass is 35.5. The van der Waals surface area contributed by atoms with Gasteiger partial charge in [0.25, 0.3) is 5.69 Å². The van der Waals surface area contributed by atoms with Crippen LogP contribution in [0.1, 0.15) is 26.3 Å². The molecule has 0 saturated carbocycles. The van der Waals surface area contributed by atoms with Crippen LogP contribution in [0.3, 0.4) is 0 Å². The van der Waals surface area contributed by atoms with Crippen molar-refractivity contribution in [3.63, 3.8) is 0 Å². The lowest BCUT2D eigenvalue weighted by molar-refractivity contribution is -0.384. The number of hydrogen-bond acceptors (Lipinski definition) is 6. The maximum Gasteiger partial charge on any atom is 0.435 e. The second-order valence-corrected chi connectivity index (χ2v) is 6.80. The third kappa shape index (κ3) is 5.28. The van der Waals surface area contributed by atoms with Gasteiger partial charge in [0.2, 0.25) is 5.91 Å². The van der Waals surface area contributed by atoms with Gasteiger partial charge in [-0.05, 0) is 32.4 Å². The molecule has 1 amide bonds. The molecule has 138 valence electrons. The number of nitro benzene ring substituents is 1. The van der Waals surface area contributed by atoms with Gasteiger partial charge in [-0.15, -0.1) is 5.10 Å². The molecular formula is C16H17ClN4O5. The van der Waals surface area contributed by atoms with Gasteiger partial charge >= 0.3 is 6.09 Å². The van der Waals surface area contributed by atoms with Crippen molar-refractivity contribution in [2.75, 3.05) is 5.32 Å². The highest BCUT2D eigenvalue weighted by Gasteiger charge is 2.19. The quantitative estimate of drug-likeness (QED) is 0.641. The lowest BCUT2D eigenvalue weighted by Crippen LogP contribution is -2.27. The van der Waals surface area contributed by atoms with E-state index in [1.807, 2.05) is 0 Å². The highest BCUT2D eigenvalue weighted by molar-refractivity contribution is 6.32. The summed E-state index contributed by atoms with van der Waals surface area (Å²) in [5.41, 5.74) is -0.521. The van der Waals surface area contributed by atoms with Gasteiger partial charge in [-0.2, -0.15) is 4.68 Å². The molecule has 2 aromatic rings. The molecule has 2 rings (SSSR count). The van der Waals surface area contributed by atoms with Gasteiger partial charge in [-0.1, -0.05) is 17.7 Å². The number of anilines is 1. The lowest BCUT2D eigenvalue weighted by Gasteiger charge is -2.18. The fraction of sp³-hybridized carbons (Fsp3) is 0.312. The van der Waals surface area contributed by atoms with E-state index in [2.05, 4.69) is 10.4 Å². The number of rotatable bonds is 4. The minimum atomic E-state index is -0.675. The Hall–Kier alpha value is -2.94. The zero-order chi connectivity index (χ0) is 19.5. The van der Waals surface area contributed by atoms with Gasteiger partial charge in [-0.25, -0.2) is 4.79 Å². The summed E-state index contributed by atoms with van der Waals surface area (Å²) >= 11 is 5.74. The van der Waals surface area contributed by atoms with E-state index in [0.29, 0.717) is 5.56 Å². The lowest BCUT2D eigenvalue weighted by atomic mass is 10.1. The zero-order valence-electron chi connectivity index (χ0n) is 14.4. The number of benzene rings is 1. The third-order valence-corrected chi connectivity index (χ3v) is 3.33. The standard InChI is InChI=1S/C16H17ClN4O5/c1-16(2,3)26-15(23)20-7-6-13(19-20)18-14(22)9-10-4-5-11(17)12(8-10)21(24)25/h4-8H,9H2,1-3H3,(H,18,19,22). The van der Waals surface area contributed by atoms with E-state index in [0.717, 1.165) is 4.68 Å². The van der Waals surface area contributed by atoms with Crippen LogP contribution >= 0.6 is 11.6 Å². The Morgan fingerprint density at radius 2 is 2.04 bits per heavy atom. The summed E-state index contributed by atoms with van der Waals surface area (Å²) in [7, 11) is 0. The van der Waals surface area contributed by atoms with Crippen molar-refractivity contribution in [2.45, 2.75) is 32.8 Å². The van der Waals surface area contributed by atoms with Crippen LogP contribution in [0, 0.1) is 10.1 Å². The minimum Gasteiger partial charge on any atom is -0.442 e. The number of nitrogens with one attached hydrogen (secondary N) is 1. The fourth-order valence-electron chi connectivity index (χ4n) is 1.98. The maximum atomic E-state index is 12.1. The van der Waals surface area contributed by atoms with Crippen molar-refractivity contribution in [1.82, 2.24) is 9.78 Å². The van der Waals surface area contributed by atoms with Crippen LogP contribution < -0.4 is 5.32 Å². The Morgan fingerprint density at radius 3 is 2.65 bits per heavy atom. The molecule has 0 aliphatic carbocycles. The van der Waals surface area contributed by atoms with Crippen molar-refractivity contribution in [3.8, 4) is 0 Å². The smallest absolute Gasteiger partial charge is 0.435 e. The van der Waals surface area contributed by atoms with Gasteiger partial charge < -0.3 is 10.1 Å². The van der Waals surface area contributed by atoms with Gasteiger partial charge in [0.1, 0.15) is 10.6 Å². The Morgan fingerprint density at radius 1 is 1.35 bits per heavy atom. The first-order chi connectivity index (χ1) is 12.0. The topological polar surface area (TPSA) is 116 Å². The zero-order valence-corrected chi connectivity index (χ0v) is 15.1. The van der Waals surface area contributed by atoms with Crippen LogP contribution in [0.25, 0.3) is 0 Å². The second kappa shape index (κ2) is 7.52. The van der Waals surface area contributed by atoms with E-state index >= 15 is 0 Å². The van der Waals surface area contributed by atoms with Crippen LogP contribution in [0.4, 0.5) is 16.3 Å². The number of nitrogens with zero attached hydrogens (tertiary/aromatic N) is 3. The van der Waals surface area contributed by atoms with Crippen molar-refractivity contribution in [3.05, 3.63) is 51.2 Å². The number of aromatic nitrogens is 2. The number of carbonyl (C=O) groups is 2. The van der Waals surface area contributed by atoms with Crippen LogP contribution in [0.15, 0.2) is 30.5 Å². The average molecular weight is 381 g/mol. The largest absolute Gasteiger partial charge is 0.442 e. The molecule has 0 aliphatic rings. The van der Waals surface area contributed by atoms with Crippen molar-refractivity contribution in [1.29, 1.82) is 0 Å². The molecule has 9 nitrogen and oxygen atoms in total. The number of amides is 1. The minimum absolute atomic E-state index is 0.00439. The van der Waals surface area contributed by atoms with E-state index in [4.69, 9.17) is 16.3 Å². The van der Waals surface area contributed by atoms with Gasteiger partial charge in [0.05, 0.1) is 11.3 Å². The summed E-state index contributed by atoms with van der Waals surface area (Å²) in [5, 5.41) is 17.3. The molecule has 0 unspecified atom stereocenters. The summed E-state index contributed by atoms with van der Waals surface area (Å²) < 4.78 is 6.12. The average Bonchev–Trinajstić information content (AvgIpc) is 2.95. The molecule has 1 heterocycles. The van der Waals surface area contributed by atoms with E-state index in [9.17, 15) is 19.7 Å². The number of nitro groups is 1. The Labute approximate surface area is 154 Å². The molecule has 0 saturated heterocycles. The van der Waals surface area contributed by atoms with Crippen LogP contribution in [0.5, 0.6) is 0 Å². The third-order valence-electron chi connectivity index (χ3n) is 3.01. The Balaban J connectivity index is 2.02. The summed E-state index contributed by atoms with van der Waals surface area (Å²) in [5.74, 6) is -0.291. The van der Waals surface area contributed by atoms with E-state index < -0.39 is 22.5 Å². The van der Waals surface area contributed by atoms with Gasteiger partial charge in [-0.3, -0.25) is 14.9 Å². The van der Waals surface area contributed by atoms with E-state index in [-0.39, 0.29) is 22.9 Å². The summed E-state index contributed by atoms with van der Waals surface area (Å²) in [6.45, 7) is 5.17. The molecule has 0 bridgehead atoms. The number of ether oxygens (including phenoxy) is 1. The molecule has 1 aromatic carbocycles. The molecule has 1 N–H and O–H groups in total. The van der Waals surface area contributed by atoms with Crippen molar-refractivity contribution in [2.24, 2.45) is 0 Å². The van der Waals surface area contributed by atoms with Crippen LogP contribution in [0.2, 0.25) is 5.02 Å². The molecule has 0 spiro atoms. The molecule has 1 aromatic heterocycles. The summed E-state index contributed by atoms with van der Waals surface area (Å²) in [6, 6.07) is 5.56. The fourth-order valence-corrected chi connectivity index (χ4v) is 2.17. The van der Waals surface area contributed by atoms with Crippen molar-refractivity contribution < 1.29 is 19.2 Å². The molecule has 0 fully saturated rings. The predicted octanol–water partition coefficient (Wildman–Crippen LogP) is 3.41. The SMILES string of the molecule is CC(C)(C)OC(=O)n1ccc(NC(=O)Cc2ccc(Cl)c([N+](=O)[O-])c2)n1. The van der Waals surface area contributed by atoms with Crippen molar-refractivity contribution >= 4 is 35.1 Å². The normalized spacial score (nSPS) is 11.1. The molecular weight excluding hydrogens is 364 g/mol. The van der Waals surface area contributed by atoms with E-state index in [1.54, 1.807) is 20.8 Å². The number of carbonyl (C=O) groups excluding carboxylic acids is 2. The second-order valence-electron chi connectivity index (χ2n) is 6.39. The molecule has 26 heavy (non-hydrogen) atoms. The molecule has 0 atom stereocenters. The van der Waals surface area contributed by atoms with Gasteiger partial charge in [0.15, 0.2) is 5.82 Å². The molecule has 0 aliphatic heterocycles. The number of hydrogen-bond donors (Lipinski definition) is 1. The number of halogens is 1. The first kappa shape index (κ1) is 19.4. The maximum absolute atomic E-state index is 12.1. The first-order valence-electron chi connectivity index (χ1n) is 7.57. The van der Waals surface area contributed by atoms with Gasteiger partial charge in [0, 0.05) is 18.3 Å². The van der Waals surface area contributed by atoms with E-state index in [1.165, 1.54) is 30.5 Å². The monoisotopic (exact) mass is 380 g/mol. The molecule has 10 heteroatoms. The summed E-state index contributed by atoms with van der Waals surface area (Å²) in [4.78, 5) is 34.2.